The molecule has 1 amide bonds. The molecule has 0 atom stereocenters. The van der Waals surface area contributed by atoms with E-state index in [0.717, 1.165) is 11.3 Å². The van der Waals surface area contributed by atoms with E-state index in [4.69, 9.17) is 4.74 Å². The molecule has 1 aromatic rings. The summed E-state index contributed by atoms with van der Waals surface area (Å²) < 4.78 is 5.26. The highest BCUT2D eigenvalue weighted by Crippen LogP contribution is 2.09. The van der Waals surface area contributed by atoms with E-state index < -0.39 is 11.7 Å². The number of rotatable bonds is 5. The fourth-order valence-corrected chi connectivity index (χ4v) is 1.75. The number of carbonyl (C=O) groups is 1. The molecule has 1 aromatic heterocycles. The number of amides is 1. The third kappa shape index (κ3) is 7.66. The van der Waals surface area contributed by atoms with Gasteiger partial charge in [0.25, 0.3) is 0 Å². The van der Waals surface area contributed by atoms with E-state index in [1.807, 2.05) is 59.9 Å². The molecule has 0 unspecified atom stereocenters. The lowest BCUT2D eigenvalue weighted by molar-refractivity contribution is 0.0472. The van der Waals surface area contributed by atoms with Gasteiger partial charge < -0.3 is 15.4 Å². The molecule has 5 nitrogen and oxygen atoms in total. The Morgan fingerprint density at radius 1 is 1.24 bits per heavy atom. The number of ether oxygens (including phenoxy) is 1. The molecule has 0 radical (unpaired) electrons. The van der Waals surface area contributed by atoms with Crippen LogP contribution < -0.4 is 10.6 Å². The Morgan fingerprint density at radius 3 is 2.43 bits per heavy atom. The van der Waals surface area contributed by atoms with E-state index in [-0.39, 0.29) is 5.54 Å². The van der Waals surface area contributed by atoms with Gasteiger partial charge in [-0.2, -0.15) is 0 Å². The zero-order valence-corrected chi connectivity index (χ0v) is 13.9. The Labute approximate surface area is 127 Å². The summed E-state index contributed by atoms with van der Waals surface area (Å²) in [5, 5.41) is 6.19. The Morgan fingerprint density at radius 2 is 1.90 bits per heavy atom. The van der Waals surface area contributed by atoms with Crippen molar-refractivity contribution in [3.8, 4) is 0 Å². The van der Waals surface area contributed by atoms with E-state index in [1.54, 1.807) is 0 Å². The Kier molecular flexibility index (Phi) is 5.72. The van der Waals surface area contributed by atoms with Gasteiger partial charge in [-0.25, -0.2) is 4.79 Å². The molecule has 1 rings (SSSR count). The number of pyridine rings is 1. The van der Waals surface area contributed by atoms with Crippen LogP contribution in [0.1, 0.15) is 45.9 Å². The van der Waals surface area contributed by atoms with Crippen LogP contribution >= 0.6 is 0 Å². The van der Waals surface area contributed by atoms with Crippen LogP contribution in [0.5, 0.6) is 0 Å². The number of aromatic nitrogens is 1. The maximum absolute atomic E-state index is 11.8. The van der Waals surface area contributed by atoms with Gasteiger partial charge in [0.2, 0.25) is 0 Å². The average molecular weight is 293 g/mol. The van der Waals surface area contributed by atoms with Crippen molar-refractivity contribution in [1.29, 1.82) is 0 Å². The van der Waals surface area contributed by atoms with Gasteiger partial charge in [0.05, 0.1) is 5.54 Å². The summed E-state index contributed by atoms with van der Waals surface area (Å²) in [5.74, 6) is 0. The monoisotopic (exact) mass is 293 g/mol. The molecule has 0 aliphatic carbocycles. The van der Waals surface area contributed by atoms with Gasteiger partial charge in [-0.15, -0.1) is 0 Å². The van der Waals surface area contributed by atoms with Crippen LogP contribution in [-0.2, 0) is 11.3 Å². The minimum atomic E-state index is -0.485. The zero-order valence-electron chi connectivity index (χ0n) is 13.9. The second kappa shape index (κ2) is 6.89. The number of nitrogens with zero attached hydrogens (tertiary/aromatic N) is 1. The Balaban J connectivity index is 2.38. The van der Waals surface area contributed by atoms with Crippen LogP contribution in [0.4, 0.5) is 4.79 Å². The van der Waals surface area contributed by atoms with Crippen LogP contribution in [-0.4, -0.2) is 28.8 Å². The number of carbonyl (C=O) groups excluding carboxylic acids is 1. The molecule has 1 heterocycles. The molecule has 21 heavy (non-hydrogen) atoms. The zero-order chi connectivity index (χ0) is 16.1. The largest absolute Gasteiger partial charge is 0.444 e. The first-order valence-electron chi connectivity index (χ1n) is 7.21. The number of aryl methyl sites for hydroxylation is 1. The second-order valence-electron chi connectivity index (χ2n) is 6.92. The molecule has 0 aliphatic heterocycles. The van der Waals surface area contributed by atoms with Crippen molar-refractivity contribution >= 4 is 6.09 Å². The van der Waals surface area contributed by atoms with Crippen LogP contribution in [0, 0.1) is 6.92 Å². The summed E-state index contributed by atoms with van der Waals surface area (Å²) >= 11 is 0. The SMILES string of the molecule is Cc1ccc(CNCC(C)(C)NC(=O)OC(C)(C)C)cn1. The molecule has 5 heteroatoms. The summed E-state index contributed by atoms with van der Waals surface area (Å²) in [5.41, 5.74) is 1.25. The summed E-state index contributed by atoms with van der Waals surface area (Å²) in [7, 11) is 0. The predicted molar refractivity (Wildman–Crippen MR) is 84.1 cm³/mol. The van der Waals surface area contributed by atoms with Gasteiger partial charge in [0.15, 0.2) is 0 Å². The predicted octanol–water partition coefficient (Wildman–Crippen LogP) is 2.78. The van der Waals surface area contributed by atoms with Crippen LogP contribution in [0.15, 0.2) is 18.3 Å². The molecule has 118 valence electrons. The first kappa shape index (κ1) is 17.4. The Hall–Kier alpha value is -1.62. The van der Waals surface area contributed by atoms with Crippen molar-refractivity contribution in [2.24, 2.45) is 0 Å². The lowest BCUT2D eigenvalue weighted by atomic mass is 10.1. The van der Waals surface area contributed by atoms with Gasteiger partial charge in [0, 0.05) is 25.0 Å². The average Bonchev–Trinajstić information content (AvgIpc) is 2.28. The molecule has 0 spiro atoms. The van der Waals surface area contributed by atoms with E-state index in [2.05, 4.69) is 15.6 Å². The molecule has 0 saturated heterocycles. The van der Waals surface area contributed by atoms with Crippen LogP contribution in [0.25, 0.3) is 0 Å². The fourth-order valence-electron chi connectivity index (χ4n) is 1.75. The van der Waals surface area contributed by atoms with Crippen molar-refractivity contribution in [2.75, 3.05) is 6.54 Å². The molecule has 0 fully saturated rings. The molecule has 0 aromatic carbocycles. The standard InChI is InChI=1S/C16H27N3O2/c1-12-7-8-13(10-18-12)9-17-11-16(5,6)19-14(20)21-15(2,3)4/h7-8,10,17H,9,11H2,1-6H3,(H,19,20). The third-order valence-corrected chi connectivity index (χ3v) is 2.71. The highest BCUT2D eigenvalue weighted by molar-refractivity contribution is 5.68. The van der Waals surface area contributed by atoms with Crippen LogP contribution in [0.3, 0.4) is 0 Å². The Bertz CT molecular complexity index is 461. The van der Waals surface area contributed by atoms with Gasteiger partial charge in [-0.3, -0.25) is 4.98 Å². The first-order chi connectivity index (χ1) is 9.57. The maximum Gasteiger partial charge on any atom is 0.408 e. The minimum absolute atomic E-state index is 0.388. The molecular formula is C16H27N3O2. The minimum Gasteiger partial charge on any atom is -0.444 e. The molecule has 2 N–H and O–H groups in total. The quantitative estimate of drug-likeness (QED) is 0.876. The van der Waals surface area contributed by atoms with Crippen molar-refractivity contribution in [3.05, 3.63) is 29.6 Å². The summed E-state index contributed by atoms with van der Waals surface area (Å²) in [4.78, 5) is 16.0. The smallest absolute Gasteiger partial charge is 0.408 e. The number of nitrogens with one attached hydrogen (secondary N) is 2. The first-order valence-corrected chi connectivity index (χ1v) is 7.21. The van der Waals surface area contributed by atoms with Crippen molar-refractivity contribution in [1.82, 2.24) is 15.6 Å². The summed E-state index contributed by atoms with van der Waals surface area (Å²) in [6.07, 6.45) is 1.46. The highest BCUT2D eigenvalue weighted by atomic mass is 16.6. The van der Waals surface area contributed by atoms with Gasteiger partial charge in [-0.05, 0) is 53.2 Å². The lowest BCUT2D eigenvalue weighted by Gasteiger charge is -2.29. The van der Waals surface area contributed by atoms with E-state index in [1.165, 1.54) is 0 Å². The van der Waals surface area contributed by atoms with Crippen molar-refractivity contribution in [3.63, 3.8) is 0 Å². The third-order valence-electron chi connectivity index (χ3n) is 2.71. The molecule has 0 bridgehead atoms. The normalized spacial score (nSPS) is 12.1. The number of alkyl carbamates (subject to hydrolysis) is 1. The van der Waals surface area contributed by atoms with Gasteiger partial charge in [0.1, 0.15) is 5.60 Å². The van der Waals surface area contributed by atoms with E-state index in [0.29, 0.717) is 13.1 Å². The summed E-state index contributed by atoms with van der Waals surface area (Å²) in [6.45, 7) is 12.8. The lowest BCUT2D eigenvalue weighted by Crippen LogP contribution is -2.51. The van der Waals surface area contributed by atoms with Crippen LogP contribution in [0.2, 0.25) is 0 Å². The molecule has 0 aliphatic rings. The fraction of sp³-hybridized carbons (Fsp3) is 0.625. The maximum atomic E-state index is 11.8. The topological polar surface area (TPSA) is 63.2 Å². The van der Waals surface area contributed by atoms with Gasteiger partial charge in [-0.1, -0.05) is 6.07 Å². The van der Waals surface area contributed by atoms with Crippen molar-refractivity contribution in [2.45, 2.75) is 59.2 Å². The summed E-state index contributed by atoms with van der Waals surface area (Å²) in [6, 6.07) is 4.03. The highest BCUT2D eigenvalue weighted by Gasteiger charge is 2.24. The van der Waals surface area contributed by atoms with E-state index >= 15 is 0 Å². The van der Waals surface area contributed by atoms with Gasteiger partial charge >= 0.3 is 6.09 Å². The van der Waals surface area contributed by atoms with E-state index in [9.17, 15) is 4.79 Å². The molecular weight excluding hydrogens is 266 g/mol. The molecule has 0 saturated carbocycles. The number of hydrogen-bond acceptors (Lipinski definition) is 4. The number of hydrogen-bond donors (Lipinski definition) is 2. The second-order valence-corrected chi connectivity index (χ2v) is 6.92. The van der Waals surface area contributed by atoms with Crippen molar-refractivity contribution < 1.29 is 9.53 Å².